The molecule has 0 spiro atoms. The number of nitrogens with zero attached hydrogens (tertiary/aromatic N) is 1. The highest BCUT2D eigenvalue weighted by Crippen LogP contribution is 2.30. The minimum absolute atomic E-state index is 0.149. The van der Waals surface area contributed by atoms with E-state index in [1.807, 2.05) is 6.92 Å². The van der Waals surface area contributed by atoms with Crippen molar-refractivity contribution in [1.82, 2.24) is 4.90 Å². The molecular weight excluding hydrogens is 268 g/mol. The van der Waals surface area contributed by atoms with E-state index in [-0.39, 0.29) is 5.91 Å². The lowest BCUT2D eigenvalue weighted by molar-refractivity contribution is 0.0157. The molecule has 2 rings (SSSR count). The van der Waals surface area contributed by atoms with Crippen LogP contribution < -0.4 is 10.5 Å². The van der Waals surface area contributed by atoms with Crippen molar-refractivity contribution in [2.24, 2.45) is 0 Å². The molecule has 1 aliphatic rings. The van der Waals surface area contributed by atoms with Gasteiger partial charge in [0.25, 0.3) is 5.91 Å². The van der Waals surface area contributed by atoms with Crippen LogP contribution in [-0.2, 0) is 0 Å². The standard InChI is InChI=1S/C16H24N2O3/c1-3-21-14-9-12(8-13(17)10-14)15(19)18(2)11-16(20)6-4-5-7-16/h8-10,20H,3-7,11,17H2,1-2H3. The maximum atomic E-state index is 12.5. The van der Waals surface area contributed by atoms with E-state index in [0.29, 0.717) is 30.2 Å². The van der Waals surface area contributed by atoms with E-state index in [4.69, 9.17) is 10.5 Å². The molecule has 0 saturated heterocycles. The summed E-state index contributed by atoms with van der Waals surface area (Å²) in [6.07, 6.45) is 3.55. The summed E-state index contributed by atoms with van der Waals surface area (Å²) in [7, 11) is 1.71. The molecule has 1 aromatic carbocycles. The number of carbonyl (C=O) groups is 1. The first-order chi connectivity index (χ1) is 9.93. The van der Waals surface area contributed by atoms with Crippen LogP contribution >= 0.6 is 0 Å². The van der Waals surface area contributed by atoms with E-state index in [2.05, 4.69) is 0 Å². The largest absolute Gasteiger partial charge is 0.494 e. The summed E-state index contributed by atoms with van der Waals surface area (Å²) in [4.78, 5) is 14.1. The summed E-state index contributed by atoms with van der Waals surface area (Å²) in [6, 6.07) is 5.03. The molecule has 116 valence electrons. The van der Waals surface area contributed by atoms with Crippen molar-refractivity contribution < 1.29 is 14.6 Å². The fraction of sp³-hybridized carbons (Fsp3) is 0.562. The molecule has 0 atom stereocenters. The average Bonchev–Trinajstić information content (AvgIpc) is 2.84. The number of nitrogens with two attached hydrogens (primary N) is 1. The van der Waals surface area contributed by atoms with Crippen LogP contribution in [0.2, 0.25) is 0 Å². The van der Waals surface area contributed by atoms with Crippen LogP contribution in [0.25, 0.3) is 0 Å². The summed E-state index contributed by atoms with van der Waals surface area (Å²) < 4.78 is 5.41. The molecule has 0 aromatic heterocycles. The Bertz CT molecular complexity index is 510. The first-order valence-corrected chi connectivity index (χ1v) is 7.45. The van der Waals surface area contributed by atoms with E-state index < -0.39 is 5.60 Å². The van der Waals surface area contributed by atoms with Gasteiger partial charge in [-0.2, -0.15) is 0 Å². The Morgan fingerprint density at radius 1 is 1.38 bits per heavy atom. The fourth-order valence-electron chi connectivity index (χ4n) is 2.92. The fourth-order valence-corrected chi connectivity index (χ4v) is 2.92. The van der Waals surface area contributed by atoms with Gasteiger partial charge in [0, 0.05) is 30.9 Å². The monoisotopic (exact) mass is 292 g/mol. The molecule has 1 aliphatic carbocycles. The highest BCUT2D eigenvalue weighted by atomic mass is 16.5. The Morgan fingerprint density at radius 3 is 2.67 bits per heavy atom. The molecule has 0 bridgehead atoms. The lowest BCUT2D eigenvalue weighted by Gasteiger charge is -2.28. The molecule has 1 amide bonds. The summed E-state index contributed by atoms with van der Waals surface area (Å²) in [6.45, 7) is 2.75. The molecular formula is C16H24N2O3. The number of rotatable bonds is 5. The maximum absolute atomic E-state index is 12.5. The zero-order valence-corrected chi connectivity index (χ0v) is 12.8. The molecule has 1 fully saturated rings. The Hall–Kier alpha value is -1.75. The van der Waals surface area contributed by atoms with Gasteiger partial charge in [0.2, 0.25) is 0 Å². The topological polar surface area (TPSA) is 75.8 Å². The molecule has 0 unspecified atom stereocenters. The number of hydrogen-bond acceptors (Lipinski definition) is 4. The van der Waals surface area contributed by atoms with E-state index in [1.54, 1.807) is 30.1 Å². The van der Waals surface area contributed by atoms with Crippen LogP contribution in [0.3, 0.4) is 0 Å². The Morgan fingerprint density at radius 2 is 2.05 bits per heavy atom. The van der Waals surface area contributed by atoms with Gasteiger partial charge in [0.15, 0.2) is 0 Å². The van der Waals surface area contributed by atoms with Crippen LogP contribution in [0.15, 0.2) is 18.2 Å². The summed E-state index contributed by atoms with van der Waals surface area (Å²) in [5.74, 6) is 0.442. The van der Waals surface area contributed by atoms with Crippen LogP contribution in [0.4, 0.5) is 5.69 Å². The number of aliphatic hydroxyl groups is 1. The summed E-state index contributed by atoms with van der Waals surface area (Å²) >= 11 is 0. The van der Waals surface area contributed by atoms with Gasteiger partial charge < -0.3 is 20.5 Å². The van der Waals surface area contributed by atoms with Gasteiger partial charge in [-0.15, -0.1) is 0 Å². The highest BCUT2D eigenvalue weighted by molar-refractivity contribution is 5.95. The van der Waals surface area contributed by atoms with Crippen molar-refractivity contribution in [3.8, 4) is 5.75 Å². The normalized spacial score (nSPS) is 16.7. The third kappa shape index (κ3) is 3.88. The molecule has 3 N–H and O–H groups in total. The second-order valence-electron chi connectivity index (χ2n) is 5.82. The molecule has 5 heteroatoms. The first-order valence-electron chi connectivity index (χ1n) is 7.45. The number of ether oxygens (including phenoxy) is 1. The van der Waals surface area contributed by atoms with Crippen molar-refractivity contribution in [1.29, 1.82) is 0 Å². The second-order valence-corrected chi connectivity index (χ2v) is 5.82. The van der Waals surface area contributed by atoms with Gasteiger partial charge in [-0.05, 0) is 31.9 Å². The van der Waals surface area contributed by atoms with Crippen molar-refractivity contribution >= 4 is 11.6 Å². The zero-order chi connectivity index (χ0) is 15.5. The van der Waals surface area contributed by atoms with Crippen LogP contribution in [0.1, 0.15) is 43.0 Å². The van der Waals surface area contributed by atoms with Gasteiger partial charge in [-0.3, -0.25) is 4.79 Å². The van der Waals surface area contributed by atoms with Crippen LogP contribution in [-0.4, -0.2) is 41.7 Å². The maximum Gasteiger partial charge on any atom is 0.253 e. The second kappa shape index (κ2) is 6.35. The quantitative estimate of drug-likeness (QED) is 0.814. The van der Waals surface area contributed by atoms with Gasteiger partial charge >= 0.3 is 0 Å². The lowest BCUT2D eigenvalue weighted by atomic mass is 10.0. The molecule has 1 aromatic rings. The number of hydrogen-bond donors (Lipinski definition) is 2. The summed E-state index contributed by atoms with van der Waals surface area (Å²) in [5, 5.41) is 10.4. The number of amides is 1. The van der Waals surface area contributed by atoms with E-state index >= 15 is 0 Å². The van der Waals surface area contributed by atoms with E-state index in [0.717, 1.165) is 25.7 Å². The zero-order valence-electron chi connectivity index (χ0n) is 12.8. The Kier molecular flexibility index (Phi) is 4.73. The van der Waals surface area contributed by atoms with Gasteiger partial charge in [0.1, 0.15) is 5.75 Å². The minimum Gasteiger partial charge on any atom is -0.494 e. The lowest BCUT2D eigenvalue weighted by Crippen LogP contribution is -2.42. The van der Waals surface area contributed by atoms with Crippen molar-refractivity contribution in [2.45, 2.75) is 38.2 Å². The van der Waals surface area contributed by atoms with Gasteiger partial charge in [-0.1, -0.05) is 12.8 Å². The van der Waals surface area contributed by atoms with Crippen molar-refractivity contribution in [2.75, 3.05) is 25.9 Å². The molecule has 21 heavy (non-hydrogen) atoms. The van der Waals surface area contributed by atoms with Crippen molar-refractivity contribution in [3.63, 3.8) is 0 Å². The SMILES string of the molecule is CCOc1cc(N)cc(C(=O)N(C)CC2(O)CCCC2)c1. The van der Waals surface area contributed by atoms with E-state index in [1.165, 1.54) is 0 Å². The van der Waals surface area contributed by atoms with Gasteiger partial charge in [0.05, 0.1) is 12.2 Å². The predicted octanol–water partition coefficient (Wildman–Crippen LogP) is 2.04. The first kappa shape index (κ1) is 15.6. The number of nitrogen functional groups attached to an aromatic ring is 1. The number of carbonyl (C=O) groups excluding carboxylic acids is 1. The van der Waals surface area contributed by atoms with Crippen molar-refractivity contribution in [3.05, 3.63) is 23.8 Å². The third-order valence-corrected chi connectivity index (χ3v) is 3.90. The Labute approximate surface area is 125 Å². The molecule has 1 saturated carbocycles. The van der Waals surface area contributed by atoms with Crippen LogP contribution in [0, 0.1) is 0 Å². The number of likely N-dealkylation sites (N-methyl/N-ethyl adjacent to an activating group) is 1. The molecule has 0 heterocycles. The molecule has 0 radical (unpaired) electrons. The Balaban J connectivity index is 2.11. The van der Waals surface area contributed by atoms with Gasteiger partial charge in [-0.25, -0.2) is 0 Å². The highest BCUT2D eigenvalue weighted by Gasteiger charge is 2.33. The predicted molar refractivity (Wildman–Crippen MR) is 82.4 cm³/mol. The smallest absolute Gasteiger partial charge is 0.253 e. The molecule has 0 aliphatic heterocycles. The molecule has 5 nitrogen and oxygen atoms in total. The van der Waals surface area contributed by atoms with Crippen LogP contribution in [0.5, 0.6) is 5.75 Å². The number of benzene rings is 1. The number of anilines is 1. The minimum atomic E-state index is -0.743. The van der Waals surface area contributed by atoms with E-state index in [9.17, 15) is 9.90 Å². The average molecular weight is 292 g/mol. The summed E-state index contributed by atoms with van der Waals surface area (Å²) in [5.41, 5.74) is 6.06. The third-order valence-electron chi connectivity index (χ3n) is 3.90.